The van der Waals surface area contributed by atoms with Gasteiger partial charge in [-0.25, -0.2) is 4.79 Å². The van der Waals surface area contributed by atoms with E-state index in [4.69, 9.17) is 33.2 Å². The zero-order chi connectivity index (χ0) is 48.2. The minimum atomic E-state index is -1.46. The smallest absolute Gasteiger partial charge is 0.408 e. The highest BCUT2D eigenvalue weighted by Crippen LogP contribution is 2.54. The van der Waals surface area contributed by atoms with E-state index in [1.807, 2.05) is 84.0 Å². The molecule has 0 bridgehead atoms. The lowest BCUT2D eigenvalue weighted by Gasteiger charge is -2.54. The molecule has 2 spiro atoms. The molecule has 4 fully saturated rings. The van der Waals surface area contributed by atoms with E-state index in [0.29, 0.717) is 57.8 Å². The van der Waals surface area contributed by atoms with Crippen LogP contribution in [-0.2, 0) is 49.3 Å². The molecule has 1 amide bonds. The van der Waals surface area contributed by atoms with Gasteiger partial charge in [0.2, 0.25) is 5.79 Å². The first-order valence-corrected chi connectivity index (χ1v) is 25.1. The van der Waals surface area contributed by atoms with E-state index in [9.17, 15) is 24.6 Å². The van der Waals surface area contributed by atoms with Gasteiger partial charge in [0.05, 0.1) is 53.7 Å². The number of ether oxygens (including phenoxy) is 7. The van der Waals surface area contributed by atoms with Crippen LogP contribution in [0.2, 0.25) is 0 Å². The molecule has 5 aliphatic heterocycles. The Kier molecular flexibility index (Phi) is 17.1. The Morgan fingerprint density at radius 1 is 0.924 bits per heavy atom. The number of amides is 1. The number of hydrogen-bond donors (Lipinski definition) is 3. The van der Waals surface area contributed by atoms with Gasteiger partial charge in [0, 0.05) is 36.6 Å². The van der Waals surface area contributed by atoms with E-state index in [2.05, 4.69) is 32.7 Å². The Morgan fingerprint density at radius 3 is 2.29 bits per heavy atom. The van der Waals surface area contributed by atoms with Crippen LogP contribution in [0.3, 0.4) is 0 Å². The first-order valence-electron chi connectivity index (χ1n) is 25.1. The fourth-order valence-electron chi connectivity index (χ4n) is 11.8. The van der Waals surface area contributed by atoms with Crippen molar-refractivity contribution in [1.29, 1.82) is 0 Å². The van der Waals surface area contributed by atoms with E-state index >= 15 is 0 Å². The maximum absolute atomic E-state index is 14.8. The van der Waals surface area contributed by atoms with Crippen LogP contribution in [-0.4, -0.2) is 100 Å². The fourth-order valence-corrected chi connectivity index (χ4v) is 11.8. The lowest BCUT2D eigenvalue weighted by Crippen LogP contribution is -2.63. The van der Waals surface area contributed by atoms with E-state index < -0.39 is 77.0 Å². The quantitative estimate of drug-likeness (QED) is 0.101. The number of ketones is 1. The van der Waals surface area contributed by atoms with E-state index in [1.165, 1.54) is 0 Å². The van der Waals surface area contributed by atoms with Crippen LogP contribution in [0, 0.1) is 41.4 Å². The maximum Gasteiger partial charge on any atom is 0.408 e. The molecule has 5 heterocycles. The molecule has 3 N–H and O–H groups in total. The molecule has 0 saturated carbocycles. The van der Waals surface area contributed by atoms with Crippen LogP contribution in [0.5, 0.6) is 0 Å². The fraction of sp³-hybridized carbons (Fsp3) is 0.755. The van der Waals surface area contributed by atoms with Crippen molar-refractivity contribution in [2.45, 2.75) is 205 Å². The van der Waals surface area contributed by atoms with E-state index in [1.54, 1.807) is 13.0 Å². The Balaban J connectivity index is 1.22. The molecule has 1 aromatic carbocycles. The van der Waals surface area contributed by atoms with Crippen molar-refractivity contribution in [1.82, 2.24) is 5.32 Å². The summed E-state index contributed by atoms with van der Waals surface area (Å²) < 4.78 is 46.3. The lowest BCUT2D eigenvalue weighted by atomic mass is 9.72. The first-order chi connectivity index (χ1) is 31.3. The molecule has 13 nitrogen and oxygen atoms in total. The predicted octanol–water partition coefficient (Wildman–Crippen LogP) is 8.77. The average molecular weight is 924 g/mol. The SMILES string of the molecule is C=CCOC(=O)[C@H](CC)[C@H]1CC[C@H](C)[C@H]([C@@H](C)[C@H](O)[C@H](C)C(=O)[C@H](CC)[C@H]2O[C@]3(C=C[C@@H](OC(=O)NCc4ccccc4)[C@]4(CC[C@@](C)([C@H]5CC[C@](O)(CC)[C@H](C)O5)O4)O3)[C@H](C)C[C@@H]2C)O1. The Bertz CT molecular complexity index is 1840. The van der Waals surface area contributed by atoms with Crippen LogP contribution in [0.1, 0.15) is 139 Å². The van der Waals surface area contributed by atoms with E-state index in [0.717, 1.165) is 12.0 Å². The number of aliphatic hydroxyl groups is 2. The van der Waals surface area contributed by atoms with Crippen molar-refractivity contribution in [2.24, 2.45) is 41.4 Å². The number of rotatable bonds is 17. The molecule has 370 valence electrons. The van der Waals surface area contributed by atoms with Crippen molar-refractivity contribution < 1.29 is 57.8 Å². The third-order valence-electron chi connectivity index (χ3n) is 16.3. The molecule has 4 saturated heterocycles. The van der Waals surface area contributed by atoms with Crippen LogP contribution >= 0.6 is 0 Å². The van der Waals surface area contributed by atoms with Gasteiger partial charge in [0.25, 0.3) is 0 Å². The van der Waals surface area contributed by atoms with Gasteiger partial charge < -0.3 is 48.7 Å². The third kappa shape index (κ3) is 10.8. The molecule has 5 aliphatic rings. The van der Waals surface area contributed by atoms with E-state index in [-0.39, 0.29) is 61.0 Å². The highest BCUT2D eigenvalue weighted by atomic mass is 16.8. The molecule has 0 radical (unpaired) electrons. The third-order valence-corrected chi connectivity index (χ3v) is 16.3. The number of alkyl carbamates (subject to hydrolysis) is 1. The average Bonchev–Trinajstić information content (AvgIpc) is 3.65. The first kappa shape index (κ1) is 52.2. The molecular formula is C53H81NO12. The summed E-state index contributed by atoms with van der Waals surface area (Å²) in [5.74, 6) is -5.46. The summed E-state index contributed by atoms with van der Waals surface area (Å²) in [6.07, 6.45) is 6.42. The lowest BCUT2D eigenvalue weighted by molar-refractivity contribution is -0.408. The number of carbonyl (C=O) groups is 3. The molecule has 13 heteroatoms. The van der Waals surface area contributed by atoms with Crippen molar-refractivity contribution >= 4 is 17.8 Å². The highest BCUT2D eigenvalue weighted by Gasteiger charge is 2.64. The summed E-state index contributed by atoms with van der Waals surface area (Å²) in [5.41, 5.74) is -0.853. The number of carbonyl (C=O) groups excluding carboxylic acids is 3. The number of benzene rings is 1. The molecular weight excluding hydrogens is 843 g/mol. The molecule has 0 unspecified atom stereocenters. The minimum Gasteiger partial charge on any atom is -0.461 e. The van der Waals surface area contributed by atoms with Gasteiger partial charge in [0.15, 0.2) is 11.9 Å². The summed E-state index contributed by atoms with van der Waals surface area (Å²) in [4.78, 5) is 41.3. The normalized spacial score (nSPS) is 39.1. The second-order valence-corrected chi connectivity index (χ2v) is 20.7. The van der Waals surface area contributed by atoms with Crippen molar-refractivity contribution in [2.75, 3.05) is 6.61 Å². The summed E-state index contributed by atoms with van der Waals surface area (Å²) in [6, 6.07) is 9.60. The van der Waals surface area contributed by atoms with Gasteiger partial charge in [-0.1, -0.05) is 98.4 Å². The highest BCUT2D eigenvalue weighted by molar-refractivity contribution is 5.84. The summed E-state index contributed by atoms with van der Waals surface area (Å²) in [6.45, 7) is 23.9. The van der Waals surface area contributed by atoms with Crippen molar-refractivity contribution in [3.05, 3.63) is 60.7 Å². The van der Waals surface area contributed by atoms with Crippen LogP contribution in [0.4, 0.5) is 4.79 Å². The number of nitrogens with one attached hydrogen (secondary N) is 1. The standard InChI is InChI=1S/C53H81NO12/c1-12-29-60-48(57)39(13-2)41-22-21-32(5)46(62-41)36(9)44(55)35(8)45(56)40(14-3)47-33(6)30-34(7)52(64-47)26-24-43(63-49(58)54-31-38-19-17-16-18-20-38)53(66-52)28-27-50(11,65-53)42-23-25-51(59,15-4)37(10)61-42/h12,16-20,24,26,32-37,39-44,46-47,55,59H,1,13-15,21-23,25,27-31H2,2-11H3,(H,54,58)/t32-,33-,34+,35-,36-,37-,39+,40-,41+,42+,43+,44+,46+,47-,50-,51+,52-,53-/m0/s1. The molecule has 66 heavy (non-hydrogen) atoms. The number of aliphatic hydroxyl groups excluding tert-OH is 1. The maximum atomic E-state index is 14.8. The minimum absolute atomic E-state index is 0.0366. The van der Waals surface area contributed by atoms with Crippen LogP contribution < -0.4 is 5.32 Å². The van der Waals surface area contributed by atoms with Gasteiger partial charge >= 0.3 is 12.1 Å². The number of esters is 1. The zero-order valence-corrected chi connectivity index (χ0v) is 41.4. The predicted molar refractivity (Wildman–Crippen MR) is 250 cm³/mol. The van der Waals surface area contributed by atoms with Crippen LogP contribution in [0.25, 0.3) is 0 Å². The molecule has 1 aromatic rings. The second kappa shape index (κ2) is 21.6. The summed E-state index contributed by atoms with van der Waals surface area (Å²) in [7, 11) is 0. The molecule has 18 atom stereocenters. The summed E-state index contributed by atoms with van der Waals surface area (Å²) in [5, 5.41) is 26.1. The van der Waals surface area contributed by atoms with Crippen LogP contribution in [0.15, 0.2) is 55.1 Å². The monoisotopic (exact) mass is 924 g/mol. The second-order valence-electron chi connectivity index (χ2n) is 20.7. The van der Waals surface area contributed by atoms with Gasteiger partial charge in [0.1, 0.15) is 12.4 Å². The molecule has 6 rings (SSSR count). The van der Waals surface area contributed by atoms with Crippen molar-refractivity contribution in [3.63, 3.8) is 0 Å². The topological polar surface area (TPSA) is 168 Å². The number of hydrogen-bond acceptors (Lipinski definition) is 12. The van der Waals surface area contributed by atoms with Gasteiger partial charge in [-0.2, -0.15) is 0 Å². The molecule has 0 aliphatic carbocycles. The largest absolute Gasteiger partial charge is 0.461 e. The Hall–Kier alpha value is -3.17. The molecule has 0 aromatic heterocycles. The van der Waals surface area contributed by atoms with Crippen molar-refractivity contribution in [3.8, 4) is 0 Å². The summed E-state index contributed by atoms with van der Waals surface area (Å²) >= 11 is 0. The zero-order valence-electron chi connectivity index (χ0n) is 41.4. The van der Waals surface area contributed by atoms with Gasteiger partial charge in [-0.3, -0.25) is 9.59 Å². The Morgan fingerprint density at radius 2 is 1.64 bits per heavy atom. The Labute approximate surface area is 394 Å². The number of Topliss-reactive ketones (excluding diaryl/α,β-unsaturated/α-hetero) is 1. The van der Waals surface area contributed by atoms with Gasteiger partial charge in [-0.05, 0) is 101 Å². The van der Waals surface area contributed by atoms with Gasteiger partial charge in [-0.15, -0.1) is 0 Å².